The van der Waals surface area contributed by atoms with Crippen LogP contribution < -0.4 is 10.6 Å². The number of benzene rings is 4. The summed E-state index contributed by atoms with van der Waals surface area (Å²) in [6.45, 7) is 2.54. The highest BCUT2D eigenvalue weighted by atomic mass is 16.6. The van der Waals surface area contributed by atoms with E-state index >= 15 is 0 Å². The Balaban J connectivity index is 1.35. The van der Waals surface area contributed by atoms with Crippen molar-refractivity contribution in [3.05, 3.63) is 137 Å². The van der Waals surface area contributed by atoms with E-state index in [1.54, 1.807) is 36.4 Å². The average molecular weight is 520 g/mol. The Bertz CT molecular complexity index is 1440. The number of rotatable bonds is 8. The zero-order chi connectivity index (χ0) is 27.2. The summed E-state index contributed by atoms with van der Waals surface area (Å²) in [7, 11) is 0. The molecule has 1 aliphatic rings. The van der Waals surface area contributed by atoms with E-state index in [1.807, 2.05) is 79.7 Å². The van der Waals surface area contributed by atoms with Gasteiger partial charge < -0.3 is 15.4 Å². The summed E-state index contributed by atoms with van der Waals surface area (Å²) in [6, 6.07) is 32.6. The van der Waals surface area contributed by atoms with Crippen LogP contribution in [0, 0.1) is 6.92 Å². The maximum Gasteiger partial charge on any atom is 0.411 e. The fraction of sp³-hybridized carbons (Fsp3) is 0.156. The van der Waals surface area contributed by atoms with Crippen molar-refractivity contribution in [1.29, 1.82) is 0 Å². The summed E-state index contributed by atoms with van der Waals surface area (Å²) in [5.41, 5.74) is 4.74. The molecule has 7 nitrogen and oxygen atoms in total. The molecule has 1 heterocycles. The number of amides is 3. The van der Waals surface area contributed by atoms with Crippen molar-refractivity contribution < 1.29 is 19.1 Å². The summed E-state index contributed by atoms with van der Waals surface area (Å²) < 4.78 is 5.76. The first-order valence-corrected chi connectivity index (χ1v) is 12.8. The summed E-state index contributed by atoms with van der Waals surface area (Å²) in [4.78, 5) is 40.6. The number of hydrogen-bond acceptors (Lipinski definition) is 4. The second-order valence-corrected chi connectivity index (χ2v) is 9.51. The van der Waals surface area contributed by atoms with E-state index < -0.39 is 18.2 Å². The Hall–Kier alpha value is -4.91. The molecule has 7 heteroatoms. The number of nitrogens with zero attached hydrogens (tertiary/aromatic N) is 1. The van der Waals surface area contributed by atoms with Gasteiger partial charge in [0, 0.05) is 17.8 Å². The molecule has 0 bridgehead atoms. The molecular weight excluding hydrogens is 490 g/mol. The van der Waals surface area contributed by atoms with Crippen LogP contribution in [0.4, 0.5) is 10.5 Å². The number of nitrogens with one attached hydrogen (secondary N) is 2. The third kappa shape index (κ3) is 6.15. The molecule has 0 saturated carbocycles. The second kappa shape index (κ2) is 11.6. The lowest BCUT2D eigenvalue weighted by Gasteiger charge is -2.24. The SMILES string of the molecule is Cc1ccc(C(=O)Nc2ccc([C@H]3OC(=O)N(Cc4ccccc4)[C@@H]3C(=O)NCc3ccccc3)cc2)cc1. The van der Waals surface area contributed by atoms with Crippen LogP contribution in [0.3, 0.4) is 0 Å². The van der Waals surface area contributed by atoms with Gasteiger partial charge in [-0.15, -0.1) is 0 Å². The van der Waals surface area contributed by atoms with Crippen molar-refractivity contribution in [2.45, 2.75) is 32.2 Å². The molecule has 4 aromatic rings. The van der Waals surface area contributed by atoms with Crippen molar-refractivity contribution in [1.82, 2.24) is 10.2 Å². The molecule has 1 saturated heterocycles. The van der Waals surface area contributed by atoms with Crippen LogP contribution in [0.5, 0.6) is 0 Å². The van der Waals surface area contributed by atoms with Gasteiger partial charge in [-0.3, -0.25) is 14.5 Å². The smallest absolute Gasteiger partial charge is 0.411 e. The largest absolute Gasteiger partial charge is 0.438 e. The number of carbonyl (C=O) groups excluding carboxylic acids is 3. The van der Waals surface area contributed by atoms with Crippen LogP contribution >= 0.6 is 0 Å². The van der Waals surface area contributed by atoms with E-state index in [2.05, 4.69) is 10.6 Å². The van der Waals surface area contributed by atoms with Crippen molar-refractivity contribution >= 4 is 23.6 Å². The molecule has 1 fully saturated rings. The molecule has 196 valence electrons. The van der Waals surface area contributed by atoms with Gasteiger partial charge in [-0.2, -0.15) is 0 Å². The van der Waals surface area contributed by atoms with E-state index in [0.29, 0.717) is 23.4 Å². The first kappa shape index (κ1) is 25.7. The van der Waals surface area contributed by atoms with Crippen molar-refractivity contribution in [3.63, 3.8) is 0 Å². The van der Waals surface area contributed by atoms with Gasteiger partial charge >= 0.3 is 6.09 Å². The number of carbonyl (C=O) groups is 3. The summed E-state index contributed by atoms with van der Waals surface area (Å²) in [5.74, 6) is -0.523. The molecular formula is C32H29N3O4. The van der Waals surface area contributed by atoms with E-state index in [0.717, 1.165) is 16.7 Å². The number of ether oxygens (including phenoxy) is 1. The first-order chi connectivity index (χ1) is 19.0. The minimum Gasteiger partial charge on any atom is -0.438 e. The van der Waals surface area contributed by atoms with Gasteiger partial charge in [0.25, 0.3) is 5.91 Å². The van der Waals surface area contributed by atoms with Crippen molar-refractivity contribution in [2.24, 2.45) is 0 Å². The highest BCUT2D eigenvalue weighted by Crippen LogP contribution is 2.34. The highest BCUT2D eigenvalue weighted by Gasteiger charge is 2.46. The molecule has 5 rings (SSSR count). The Morgan fingerprint density at radius 3 is 2.05 bits per heavy atom. The van der Waals surface area contributed by atoms with Crippen LogP contribution in [0.1, 0.15) is 38.7 Å². The Kier molecular flexibility index (Phi) is 7.68. The predicted octanol–water partition coefficient (Wildman–Crippen LogP) is 5.63. The fourth-order valence-corrected chi connectivity index (χ4v) is 4.54. The van der Waals surface area contributed by atoms with Crippen molar-refractivity contribution in [2.75, 3.05) is 5.32 Å². The average Bonchev–Trinajstić information content (AvgIpc) is 3.29. The Morgan fingerprint density at radius 1 is 0.795 bits per heavy atom. The lowest BCUT2D eigenvalue weighted by Crippen LogP contribution is -2.46. The Morgan fingerprint density at radius 2 is 1.41 bits per heavy atom. The minimum atomic E-state index is -0.866. The maximum absolute atomic E-state index is 13.5. The third-order valence-electron chi connectivity index (χ3n) is 6.67. The number of anilines is 1. The van der Waals surface area contributed by atoms with Crippen LogP contribution in [-0.4, -0.2) is 28.8 Å². The van der Waals surface area contributed by atoms with Crippen LogP contribution in [0.15, 0.2) is 109 Å². The Labute approximate surface area is 227 Å². The molecule has 2 N–H and O–H groups in total. The van der Waals surface area contributed by atoms with Gasteiger partial charge in [0.05, 0.1) is 6.54 Å². The van der Waals surface area contributed by atoms with Crippen LogP contribution in [0.25, 0.3) is 0 Å². The fourth-order valence-electron chi connectivity index (χ4n) is 4.54. The first-order valence-electron chi connectivity index (χ1n) is 12.8. The molecule has 0 aliphatic carbocycles. The molecule has 0 aromatic heterocycles. The van der Waals surface area contributed by atoms with Gasteiger partial charge in [-0.05, 0) is 47.9 Å². The zero-order valence-electron chi connectivity index (χ0n) is 21.5. The topological polar surface area (TPSA) is 87.7 Å². The lowest BCUT2D eigenvalue weighted by molar-refractivity contribution is -0.126. The molecule has 4 aromatic carbocycles. The predicted molar refractivity (Wildman–Crippen MR) is 149 cm³/mol. The molecule has 3 amide bonds. The standard InChI is InChI=1S/C32H29N3O4/c1-22-12-14-26(15-13-22)30(36)34-27-18-16-25(17-19-27)29-28(31(37)33-20-23-8-4-2-5-9-23)35(32(38)39-29)21-24-10-6-3-7-11-24/h2-19,28-29H,20-21H2,1H3,(H,33,37)(H,34,36)/t28-,29+/m0/s1. The number of aryl methyl sites for hydroxylation is 1. The van der Waals surface area contributed by atoms with E-state index in [-0.39, 0.29) is 18.4 Å². The van der Waals surface area contributed by atoms with Crippen LogP contribution in [0.2, 0.25) is 0 Å². The molecule has 2 atom stereocenters. The molecule has 39 heavy (non-hydrogen) atoms. The quantitative estimate of drug-likeness (QED) is 0.316. The second-order valence-electron chi connectivity index (χ2n) is 9.51. The molecule has 0 spiro atoms. The lowest BCUT2D eigenvalue weighted by atomic mass is 10.00. The van der Waals surface area contributed by atoms with E-state index in [4.69, 9.17) is 4.74 Å². The minimum absolute atomic E-state index is 0.220. The zero-order valence-corrected chi connectivity index (χ0v) is 21.5. The molecule has 0 radical (unpaired) electrons. The number of hydrogen-bond donors (Lipinski definition) is 2. The van der Waals surface area contributed by atoms with E-state index in [9.17, 15) is 14.4 Å². The van der Waals surface area contributed by atoms with Gasteiger partial charge in [0.2, 0.25) is 5.91 Å². The van der Waals surface area contributed by atoms with Crippen LogP contribution in [-0.2, 0) is 22.6 Å². The van der Waals surface area contributed by atoms with E-state index in [1.165, 1.54) is 4.90 Å². The maximum atomic E-state index is 13.5. The third-order valence-corrected chi connectivity index (χ3v) is 6.67. The molecule has 1 aliphatic heterocycles. The van der Waals surface area contributed by atoms with Gasteiger partial charge in [-0.25, -0.2) is 4.79 Å². The van der Waals surface area contributed by atoms with Gasteiger partial charge in [-0.1, -0.05) is 90.5 Å². The van der Waals surface area contributed by atoms with Gasteiger partial charge in [0.1, 0.15) is 0 Å². The highest BCUT2D eigenvalue weighted by molar-refractivity contribution is 6.04. The molecule has 0 unspecified atom stereocenters. The summed E-state index contributed by atoms with van der Waals surface area (Å²) in [5, 5.41) is 5.85. The summed E-state index contributed by atoms with van der Waals surface area (Å²) in [6.07, 6.45) is -1.36. The monoisotopic (exact) mass is 519 g/mol. The number of cyclic esters (lactones) is 1. The van der Waals surface area contributed by atoms with Gasteiger partial charge in [0.15, 0.2) is 12.1 Å². The normalized spacial score (nSPS) is 16.4. The van der Waals surface area contributed by atoms with Crippen molar-refractivity contribution in [3.8, 4) is 0 Å². The summed E-state index contributed by atoms with van der Waals surface area (Å²) >= 11 is 0.